The highest BCUT2D eigenvalue weighted by Crippen LogP contribution is 2.20. The smallest absolute Gasteiger partial charge is 0.322 e. The van der Waals surface area contributed by atoms with E-state index in [0.717, 1.165) is 19.3 Å². The van der Waals surface area contributed by atoms with Gasteiger partial charge in [-0.15, -0.1) is 0 Å². The molecule has 0 aromatic heterocycles. The quantitative estimate of drug-likeness (QED) is 0.678. The van der Waals surface area contributed by atoms with Crippen LogP contribution in [0, 0.1) is 5.92 Å². The second-order valence-corrected chi connectivity index (χ2v) is 5.75. The summed E-state index contributed by atoms with van der Waals surface area (Å²) >= 11 is 0. The van der Waals surface area contributed by atoms with Crippen LogP contribution < -0.4 is 5.32 Å². The van der Waals surface area contributed by atoms with E-state index in [4.69, 9.17) is 0 Å². The van der Waals surface area contributed by atoms with Crippen LogP contribution in [0.3, 0.4) is 0 Å². The molecular weight excluding hydrogens is 216 g/mol. The first-order valence-corrected chi connectivity index (χ1v) is 6.59. The molecule has 0 aliphatic heterocycles. The highest BCUT2D eigenvalue weighted by atomic mass is 16.4. The molecule has 0 heterocycles. The minimum atomic E-state index is -0.736. The van der Waals surface area contributed by atoms with Crippen LogP contribution in [-0.4, -0.2) is 47.7 Å². The van der Waals surface area contributed by atoms with Gasteiger partial charge in [-0.05, 0) is 39.2 Å². The lowest BCUT2D eigenvalue weighted by Crippen LogP contribution is -2.48. The fraction of sp³-hybridized carbons (Fsp3) is 0.923. The number of aliphatic carboxylic acids is 1. The van der Waals surface area contributed by atoms with Crippen LogP contribution in [-0.2, 0) is 4.79 Å². The van der Waals surface area contributed by atoms with Gasteiger partial charge in [0.05, 0.1) is 0 Å². The molecule has 0 aromatic carbocycles. The summed E-state index contributed by atoms with van der Waals surface area (Å²) in [5, 5.41) is 12.4. The van der Waals surface area contributed by atoms with Crippen LogP contribution in [0.4, 0.5) is 0 Å². The first-order valence-electron chi connectivity index (χ1n) is 6.59. The van der Waals surface area contributed by atoms with Crippen molar-refractivity contribution in [2.24, 2.45) is 5.92 Å². The van der Waals surface area contributed by atoms with E-state index in [1.54, 1.807) is 0 Å². The maximum atomic E-state index is 11.2. The molecule has 1 aliphatic rings. The number of hydrogen-bond acceptors (Lipinski definition) is 3. The summed E-state index contributed by atoms with van der Waals surface area (Å²) in [6.45, 7) is 7.14. The molecule has 100 valence electrons. The van der Waals surface area contributed by atoms with E-state index in [9.17, 15) is 9.90 Å². The van der Waals surface area contributed by atoms with E-state index >= 15 is 0 Å². The van der Waals surface area contributed by atoms with Gasteiger partial charge in [-0.1, -0.05) is 13.8 Å². The third-order valence-electron chi connectivity index (χ3n) is 3.35. The second kappa shape index (κ2) is 6.36. The van der Waals surface area contributed by atoms with Gasteiger partial charge < -0.3 is 15.3 Å². The number of carbonyl (C=O) groups is 1. The zero-order valence-electron chi connectivity index (χ0n) is 11.4. The Morgan fingerprint density at radius 3 is 2.41 bits per heavy atom. The monoisotopic (exact) mass is 242 g/mol. The Kier molecular flexibility index (Phi) is 5.40. The number of hydrogen-bond donors (Lipinski definition) is 2. The predicted octanol–water partition coefficient (Wildman–Crippen LogP) is 1.56. The number of nitrogens with zero attached hydrogens (tertiary/aromatic N) is 1. The predicted molar refractivity (Wildman–Crippen MR) is 69.1 cm³/mol. The summed E-state index contributed by atoms with van der Waals surface area (Å²) < 4.78 is 0. The molecule has 1 rings (SSSR count). The Hall–Kier alpha value is -0.610. The van der Waals surface area contributed by atoms with Crippen LogP contribution >= 0.6 is 0 Å². The first-order chi connectivity index (χ1) is 7.90. The lowest BCUT2D eigenvalue weighted by atomic mass is 10.0. The lowest BCUT2D eigenvalue weighted by molar-refractivity contribution is -0.140. The Labute approximate surface area is 104 Å². The fourth-order valence-corrected chi connectivity index (χ4v) is 2.07. The fourth-order valence-electron chi connectivity index (χ4n) is 2.07. The summed E-state index contributed by atoms with van der Waals surface area (Å²) in [6, 6.07) is 0.435. The van der Waals surface area contributed by atoms with Gasteiger partial charge in [-0.25, -0.2) is 0 Å². The molecule has 0 bridgehead atoms. The standard InChI is InChI=1S/C13H26N2O2/c1-9(2)7-10(3)15(4)8-12(13(16)17)14-11-5-6-11/h9-12,14H,5-8H2,1-4H3,(H,16,17). The van der Waals surface area contributed by atoms with Crippen LogP contribution in [0.15, 0.2) is 0 Å². The van der Waals surface area contributed by atoms with Gasteiger partial charge in [0.25, 0.3) is 0 Å². The van der Waals surface area contributed by atoms with Crippen LogP contribution in [0.25, 0.3) is 0 Å². The normalized spacial score (nSPS) is 19.6. The van der Waals surface area contributed by atoms with Crippen molar-refractivity contribution in [3.63, 3.8) is 0 Å². The van der Waals surface area contributed by atoms with Gasteiger partial charge in [0.1, 0.15) is 6.04 Å². The zero-order chi connectivity index (χ0) is 13.0. The third-order valence-corrected chi connectivity index (χ3v) is 3.35. The minimum Gasteiger partial charge on any atom is -0.480 e. The van der Waals surface area contributed by atoms with E-state index in [-0.39, 0.29) is 0 Å². The van der Waals surface area contributed by atoms with E-state index < -0.39 is 12.0 Å². The summed E-state index contributed by atoms with van der Waals surface area (Å²) in [7, 11) is 2.01. The number of rotatable bonds is 8. The van der Waals surface area contributed by atoms with E-state index in [1.807, 2.05) is 7.05 Å². The van der Waals surface area contributed by atoms with E-state index in [2.05, 4.69) is 31.0 Å². The molecule has 0 spiro atoms. The van der Waals surface area contributed by atoms with Crippen molar-refractivity contribution in [3.8, 4) is 0 Å². The molecule has 1 aliphatic carbocycles. The first kappa shape index (κ1) is 14.5. The molecule has 2 atom stereocenters. The highest BCUT2D eigenvalue weighted by molar-refractivity contribution is 5.73. The maximum Gasteiger partial charge on any atom is 0.322 e. The van der Waals surface area contributed by atoms with Crippen molar-refractivity contribution >= 4 is 5.97 Å². The van der Waals surface area contributed by atoms with Crippen molar-refractivity contribution in [2.75, 3.05) is 13.6 Å². The molecule has 0 amide bonds. The van der Waals surface area contributed by atoms with Crippen molar-refractivity contribution in [2.45, 2.75) is 58.2 Å². The molecule has 2 unspecified atom stereocenters. The number of carboxylic acid groups (broad SMARTS) is 1. The summed E-state index contributed by atoms with van der Waals surface area (Å²) in [4.78, 5) is 13.3. The van der Waals surface area contributed by atoms with E-state index in [0.29, 0.717) is 24.5 Å². The SMILES string of the molecule is CC(C)CC(C)N(C)CC(NC1CC1)C(=O)O. The molecule has 4 heteroatoms. The summed E-state index contributed by atoms with van der Waals surface area (Å²) in [5.74, 6) is -0.0902. The van der Waals surface area contributed by atoms with Gasteiger partial charge >= 0.3 is 5.97 Å². The Bertz CT molecular complexity index is 252. The van der Waals surface area contributed by atoms with Crippen LogP contribution in [0.5, 0.6) is 0 Å². The molecule has 0 saturated heterocycles. The Morgan fingerprint density at radius 2 is 2.00 bits per heavy atom. The van der Waals surface area contributed by atoms with Gasteiger partial charge in [0.2, 0.25) is 0 Å². The van der Waals surface area contributed by atoms with E-state index in [1.165, 1.54) is 0 Å². The average molecular weight is 242 g/mol. The van der Waals surface area contributed by atoms with Crippen molar-refractivity contribution < 1.29 is 9.90 Å². The van der Waals surface area contributed by atoms with Crippen molar-refractivity contribution in [1.82, 2.24) is 10.2 Å². The van der Waals surface area contributed by atoms with Gasteiger partial charge in [0, 0.05) is 18.6 Å². The topological polar surface area (TPSA) is 52.6 Å². The molecule has 4 nitrogen and oxygen atoms in total. The number of carboxylic acids is 1. The number of nitrogens with one attached hydrogen (secondary N) is 1. The largest absolute Gasteiger partial charge is 0.480 e. The van der Waals surface area contributed by atoms with Gasteiger partial charge in [-0.3, -0.25) is 4.79 Å². The average Bonchev–Trinajstić information content (AvgIpc) is 2.99. The lowest BCUT2D eigenvalue weighted by Gasteiger charge is -2.29. The Balaban J connectivity index is 2.38. The summed E-state index contributed by atoms with van der Waals surface area (Å²) in [6.07, 6.45) is 3.34. The third kappa shape index (κ3) is 5.50. The summed E-state index contributed by atoms with van der Waals surface area (Å²) in [5.41, 5.74) is 0. The molecule has 1 fully saturated rings. The van der Waals surface area contributed by atoms with Gasteiger partial charge in [0.15, 0.2) is 0 Å². The van der Waals surface area contributed by atoms with Crippen molar-refractivity contribution in [1.29, 1.82) is 0 Å². The molecule has 2 N–H and O–H groups in total. The maximum absolute atomic E-state index is 11.2. The molecular formula is C13H26N2O2. The Morgan fingerprint density at radius 1 is 1.41 bits per heavy atom. The minimum absolute atomic E-state index is 0.429. The van der Waals surface area contributed by atoms with Crippen molar-refractivity contribution in [3.05, 3.63) is 0 Å². The number of likely N-dealkylation sites (N-methyl/N-ethyl adjacent to an activating group) is 1. The highest BCUT2D eigenvalue weighted by Gasteiger charge is 2.29. The molecule has 17 heavy (non-hydrogen) atoms. The van der Waals surface area contributed by atoms with Crippen LogP contribution in [0.1, 0.15) is 40.0 Å². The van der Waals surface area contributed by atoms with Crippen LogP contribution in [0.2, 0.25) is 0 Å². The second-order valence-electron chi connectivity index (χ2n) is 5.75. The zero-order valence-corrected chi connectivity index (χ0v) is 11.4. The molecule has 1 saturated carbocycles. The molecule has 0 radical (unpaired) electrons. The van der Waals surface area contributed by atoms with Gasteiger partial charge in [-0.2, -0.15) is 0 Å². The molecule has 0 aromatic rings.